The third kappa shape index (κ3) is 4.20. The first-order valence-electron chi connectivity index (χ1n) is 11.6. The van der Waals surface area contributed by atoms with Crippen molar-refractivity contribution in [2.24, 2.45) is 5.41 Å². The van der Waals surface area contributed by atoms with Gasteiger partial charge in [0.15, 0.2) is 5.78 Å². The summed E-state index contributed by atoms with van der Waals surface area (Å²) in [4.78, 5) is 29.6. The van der Waals surface area contributed by atoms with Gasteiger partial charge in [-0.3, -0.25) is 14.5 Å². The number of ketones is 1. The summed E-state index contributed by atoms with van der Waals surface area (Å²) >= 11 is 0. The molecule has 0 unspecified atom stereocenters. The molecule has 6 heteroatoms. The summed E-state index contributed by atoms with van der Waals surface area (Å²) in [6.07, 6.45) is 1.73. The molecule has 0 radical (unpaired) electrons. The first-order valence-corrected chi connectivity index (χ1v) is 11.6. The quantitative estimate of drug-likeness (QED) is 0.673. The monoisotopic (exact) mass is 437 g/mol. The van der Waals surface area contributed by atoms with Gasteiger partial charge in [0.2, 0.25) is 0 Å². The summed E-state index contributed by atoms with van der Waals surface area (Å²) in [5, 5.41) is 0. The number of rotatable bonds is 4. The number of ether oxygens (including phenoxy) is 1. The molecule has 2 aliphatic heterocycles. The van der Waals surface area contributed by atoms with Crippen LogP contribution in [0.2, 0.25) is 0 Å². The highest BCUT2D eigenvalue weighted by atomic mass is 16.5. The SMILES string of the molecule is CC(=O)c1ccc2n1CCN(C)C21CCN(C(=O)c2ccc(OCC(C)(C)C)cc2)CC1. The molecule has 2 aromatic rings. The van der Waals surface area contributed by atoms with Gasteiger partial charge >= 0.3 is 0 Å². The number of benzene rings is 1. The average molecular weight is 438 g/mol. The molecule has 6 nitrogen and oxygen atoms in total. The first-order chi connectivity index (χ1) is 15.1. The van der Waals surface area contributed by atoms with E-state index >= 15 is 0 Å². The molecule has 0 atom stereocenters. The predicted octanol–water partition coefficient (Wildman–Crippen LogP) is 4.19. The summed E-state index contributed by atoms with van der Waals surface area (Å²) in [6.45, 7) is 11.8. The molecular formula is C26H35N3O3. The predicted molar refractivity (Wildman–Crippen MR) is 125 cm³/mol. The van der Waals surface area contributed by atoms with Crippen LogP contribution >= 0.6 is 0 Å². The molecule has 32 heavy (non-hydrogen) atoms. The standard InChI is InChI=1S/C26H35N3O3/c1-19(30)22-10-11-23-26(27(5)16-17-29(22)23)12-14-28(15-13-26)24(31)20-6-8-21(9-7-20)32-18-25(2,3)4/h6-11H,12-18H2,1-5H3. The maximum absolute atomic E-state index is 13.1. The largest absolute Gasteiger partial charge is 0.493 e. The van der Waals surface area contributed by atoms with E-state index in [1.165, 1.54) is 5.69 Å². The lowest BCUT2D eigenvalue weighted by Gasteiger charge is -2.50. The first kappa shape index (κ1) is 22.6. The van der Waals surface area contributed by atoms with Crippen LogP contribution < -0.4 is 4.74 Å². The molecule has 1 aromatic heterocycles. The van der Waals surface area contributed by atoms with Gasteiger partial charge in [-0.15, -0.1) is 0 Å². The van der Waals surface area contributed by atoms with Crippen molar-refractivity contribution in [2.45, 2.75) is 52.6 Å². The van der Waals surface area contributed by atoms with Crippen LogP contribution in [0, 0.1) is 5.41 Å². The molecule has 1 fully saturated rings. The highest BCUT2D eigenvalue weighted by Crippen LogP contribution is 2.41. The van der Waals surface area contributed by atoms with Crippen molar-refractivity contribution in [3.8, 4) is 5.75 Å². The third-order valence-corrected chi connectivity index (χ3v) is 6.86. The number of hydrogen-bond donors (Lipinski definition) is 0. The normalized spacial score (nSPS) is 18.5. The fourth-order valence-corrected chi connectivity index (χ4v) is 4.98. The molecule has 1 saturated heterocycles. The second-order valence-electron chi connectivity index (χ2n) is 10.4. The Kier molecular flexibility index (Phi) is 5.93. The van der Waals surface area contributed by atoms with E-state index in [1.807, 2.05) is 35.2 Å². The number of fused-ring (bicyclic) bond motifs is 2. The van der Waals surface area contributed by atoms with E-state index in [2.05, 4.69) is 43.4 Å². The van der Waals surface area contributed by atoms with E-state index in [-0.39, 0.29) is 22.6 Å². The van der Waals surface area contributed by atoms with Crippen LogP contribution in [0.25, 0.3) is 0 Å². The van der Waals surface area contributed by atoms with Crippen LogP contribution in [-0.4, -0.2) is 59.3 Å². The number of Topliss-reactive ketones (excluding diaryl/α,β-unsaturated/α-hetero) is 1. The van der Waals surface area contributed by atoms with Crippen LogP contribution in [0.1, 0.15) is 67.1 Å². The Labute approximate surface area is 191 Å². The molecule has 3 heterocycles. The topological polar surface area (TPSA) is 54.8 Å². The Hall–Kier alpha value is -2.60. The molecule has 1 spiro atoms. The van der Waals surface area contributed by atoms with Crippen molar-refractivity contribution in [1.82, 2.24) is 14.4 Å². The molecule has 2 aliphatic rings. The number of nitrogens with zero attached hydrogens (tertiary/aromatic N) is 3. The van der Waals surface area contributed by atoms with Gasteiger partial charge in [-0.05, 0) is 61.7 Å². The second kappa shape index (κ2) is 8.39. The lowest BCUT2D eigenvalue weighted by atomic mass is 9.81. The summed E-state index contributed by atoms with van der Waals surface area (Å²) in [6, 6.07) is 11.6. The smallest absolute Gasteiger partial charge is 0.253 e. The van der Waals surface area contributed by atoms with Gasteiger partial charge in [0.25, 0.3) is 5.91 Å². The summed E-state index contributed by atoms with van der Waals surface area (Å²) in [5.74, 6) is 0.971. The number of likely N-dealkylation sites (N-methyl/N-ethyl adjacent to an activating group) is 1. The molecule has 0 bridgehead atoms. The maximum atomic E-state index is 13.1. The van der Waals surface area contributed by atoms with E-state index in [4.69, 9.17) is 4.74 Å². The zero-order valence-corrected chi connectivity index (χ0v) is 20.0. The van der Waals surface area contributed by atoms with E-state index in [0.717, 1.165) is 37.4 Å². The minimum atomic E-state index is -0.118. The zero-order valence-electron chi connectivity index (χ0n) is 20.0. The number of likely N-dealkylation sites (tertiary alicyclic amines) is 1. The Morgan fingerprint density at radius 2 is 1.62 bits per heavy atom. The lowest BCUT2D eigenvalue weighted by Crippen LogP contribution is -2.56. The maximum Gasteiger partial charge on any atom is 0.253 e. The second-order valence-corrected chi connectivity index (χ2v) is 10.4. The Balaban J connectivity index is 1.45. The van der Waals surface area contributed by atoms with Gasteiger partial charge in [-0.2, -0.15) is 0 Å². The Bertz CT molecular complexity index is 992. The molecule has 4 rings (SSSR count). The van der Waals surface area contributed by atoms with E-state index in [9.17, 15) is 9.59 Å². The van der Waals surface area contributed by atoms with Gasteiger partial charge in [-0.25, -0.2) is 0 Å². The number of aromatic nitrogens is 1. The Morgan fingerprint density at radius 3 is 2.22 bits per heavy atom. The van der Waals surface area contributed by atoms with Crippen molar-refractivity contribution in [1.29, 1.82) is 0 Å². The third-order valence-electron chi connectivity index (χ3n) is 6.86. The van der Waals surface area contributed by atoms with Crippen molar-refractivity contribution < 1.29 is 14.3 Å². The molecule has 172 valence electrons. The van der Waals surface area contributed by atoms with Crippen molar-refractivity contribution in [3.05, 3.63) is 53.3 Å². The van der Waals surface area contributed by atoms with Crippen LogP contribution in [0.4, 0.5) is 0 Å². The van der Waals surface area contributed by atoms with E-state index in [0.29, 0.717) is 25.3 Å². The number of carbonyl (C=O) groups is 2. The molecule has 1 amide bonds. The van der Waals surface area contributed by atoms with E-state index < -0.39 is 0 Å². The molecular weight excluding hydrogens is 402 g/mol. The molecule has 0 saturated carbocycles. The van der Waals surface area contributed by atoms with Gasteiger partial charge in [0.1, 0.15) is 5.75 Å². The number of amides is 1. The highest BCUT2D eigenvalue weighted by molar-refractivity contribution is 5.94. The summed E-state index contributed by atoms with van der Waals surface area (Å²) in [7, 11) is 2.16. The van der Waals surface area contributed by atoms with Gasteiger partial charge in [0.05, 0.1) is 17.8 Å². The van der Waals surface area contributed by atoms with Crippen LogP contribution in [-0.2, 0) is 12.1 Å². The summed E-state index contributed by atoms with van der Waals surface area (Å²) in [5.41, 5.74) is 2.68. The van der Waals surface area contributed by atoms with E-state index in [1.54, 1.807) is 6.92 Å². The fourth-order valence-electron chi connectivity index (χ4n) is 4.98. The van der Waals surface area contributed by atoms with Crippen molar-refractivity contribution in [3.63, 3.8) is 0 Å². The van der Waals surface area contributed by atoms with Crippen molar-refractivity contribution in [2.75, 3.05) is 33.3 Å². The average Bonchev–Trinajstić information content (AvgIpc) is 3.20. The van der Waals surface area contributed by atoms with Crippen molar-refractivity contribution >= 4 is 11.7 Å². The zero-order chi connectivity index (χ0) is 23.1. The van der Waals surface area contributed by atoms with Gasteiger partial charge < -0.3 is 14.2 Å². The minimum absolute atomic E-state index is 0.0699. The van der Waals surface area contributed by atoms with Crippen LogP contribution in [0.3, 0.4) is 0 Å². The highest BCUT2D eigenvalue weighted by Gasteiger charge is 2.45. The van der Waals surface area contributed by atoms with Crippen LogP contribution in [0.5, 0.6) is 5.75 Å². The fraction of sp³-hybridized carbons (Fsp3) is 0.538. The number of hydrogen-bond acceptors (Lipinski definition) is 4. The number of piperidine rings is 1. The summed E-state index contributed by atoms with van der Waals surface area (Å²) < 4.78 is 8.02. The van der Waals surface area contributed by atoms with Gasteiger partial charge in [-0.1, -0.05) is 20.8 Å². The Morgan fingerprint density at radius 1 is 0.969 bits per heavy atom. The number of carbonyl (C=O) groups excluding carboxylic acids is 2. The molecule has 1 aromatic carbocycles. The van der Waals surface area contributed by atoms with Gasteiger partial charge in [0, 0.05) is 44.4 Å². The molecule has 0 aliphatic carbocycles. The van der Waals surface area contributed by atoms with Crippen LogP contribution in [0.15, 0.2) is 36.4 Å². The lowest BCUT2D eigenvalue weighted by molar-refractivity contribution is 0.0128. The minimum Gasteiger partial charge on any atom is -0.493 e. The molecule has 0 N–H and O–H groups in total.